The molecule has 0 radical (unpaired) electrons. The number of para-hydroxylation sites is 1. The lowest BCUT2D eigenvalue weighted by Crippen LogP contribution is -2.53. The number of nitrogens with two attached hydrogens (primary N) is 2. The smallest absolute Gasteiger partial charge is 0.240 e. The van der Waals surface area contributed by atoms with E-state index in [9.17, 15) is 8.42 Å². The lowest BCUT2D eigenvalue weighted by molar-refractivity contribution is 0.128. The minimum atomic E-state index is -3.79. The topological polar surface area (TPSA) is 92.7 Å². The molecule has 4 N–H and O–H groups in total. The van der Waals surface area contributed by atoms with Crippen molar-refractivity contribution in [2.75, 3.05) is 36.8 Å². The van der Waals surface area contributed by atoms with Crippen LogP contribution in [0.2, 0.25) is 0 Å². The van der Waals surface area contributed by atoms with Crippen molar-refractivity contribution in [3.8, 4) is 0 Å². The lowest BCUT2D eigenvalue weighted by atomic mass is 10.0. The maximum Gasteiger partial charge on any atom is 0.240 e. The van der Waals surface area contributed by atoms with Crippen molar-refractivity contribution in [3.63, 3.8) is 0 Å². The van der Waals surface area contributed by atoms with Crippen LogP contribution in [-0.2, 0) is 10.0 Å². The van der Waals surface area contributed by atoms with Crippen molar-refractivity contribution in [2.45, 2.75) is 31.2 Å². The van der Waals surface area contributed by atoms with Crippen molar-refractivity contribution >= 4 is 21.4 Å². The lowest BCUT2D eigenvalue weighted by Gasteiger charge is -2.43. The average Bonchev–Trinajstić information content (AvgIpc) is 2.37. The Balaban J connectivity index is 2.22. The quantitative estimate of drug-likeness (QED) is 0.789. The number of anilines is 2. The van der Waals surface area contributed by atoms with Gasteiger partial charge >= 0.3 is 0 Å². The predicted molar refractivity (Wildman–Crippen MR) is 85.8 cm³/mol. The number of primary sulfonamides is 1. The Morgan fingerprint density at radius 2 is 1.67 bits per heavy atom. The van der Waals surface area contributed by atoms with Crippen molar-refractivity contribution in [3.05, 3.63) is 18.2 Å². The number of rotatable bonds is 2. The van der Waals surface area contributed by atoms with Crippen molar-refractivity contribution < 1.29 is 8.42 Å². The fourth-order valence-corrected chi connectivity index (χ4v) is 3.35. The Hall–Kier alpha value is -1.31. The van der Waals surface area contributed by atoms with Crippen LogP contribution in [0.3, 0.4) is 0 Å². The van der Waals surface area contributed by atoms with Gasteiger partial charge in [0, 0.05) is 31.7 Å². The van der Waals surface area contributed by atoms with Gasteiger partial charge < -0.3 is 10.6 Å². The summed E-state index contributed by atoms with van der Waals surface area (Å²) < 4.78 is 23.1. The van der Waals surface area contributed by atoms with Gasteiger partial charge in [0.15, 0.2) is 0 Å². The zero-order chi connectivity index (χ0) is 15.8. The van der Waals surface area contributed by atoms with Gasteiger partial charge in [-0.25, -0.2) is 13.6 Å². The molecule has 1 aliphatic rings. The first-order chi connectivity index (χ1) is 9.60. The van der Waals surface area contributed by atoms with E-state index in [0.717, 1.165) is 31.9 Å². The number of hydrogen-bond acceptors (Lipinski definition) is 5. The molecule has 1 aromatic rings. The van der Waals surface area contributed by atoms with Gasteiger partial charge in [-0.1, -0.05) is 6.07 Å². The standard InChI is InChI=1S/C14H24N4O2S/c1-14(2,3)18-9-7-17(8-10-18)11-5-4-6-12(13(11)15)21(16,19)20/h4-6H,7-10,15H2,1-3H3,(H2,16,19,20). The van der Waals surface area contributed by atoms with E-state index >= 15 is 0 Å². The molecule has 1 aliphatic heterocycles. The molecule has 1 fully saturated rings. The van der Waals surface area contributed by atoms with Crippen LogP contribution >= 0.6 is 0 Å². The molecule has 0 bridgehead atoms. The van der Waals surface area contributed by atoms with Gasteiger partial charge in [0.1, 0.15) is 4.90 Å². The highest BCUT2D eigenvalue weighted by atomic mass is 32.2. The predicted octanol–water partition coefficient (Wildman–Crippen LogP) is 0.837. The molecule has 2 rings (SSSR count). The fraction of sp³-hybridized carbons (Fsp3) is 0.571. The third-order valence-corrected chi connectivity index (χ3v) is 4.89. The Kier molecular flexibility index (Phi) is 4.19. The van der Waals surface area contributed by atoms with E-state index in [1.165, 1.54) is 6.07 Å². The molecule has 0 saturated carbocycles. The van der Waals surface area contributed by atoms with Gasteiger partial charge in [-0.2, -0.15) is 0 Å². The maximum atomic E-state index is 11.5. The van der Waals surface area contributed by atoms with Crippen LogP contribution in [0.25, 0.3) is 0 Å². The number of sulfonamides is 1. The largest absolute Gasteiger partial charge is 0.396 e. The summed E-state index contributed by atoms with van der Waals surface area (Å²) in [6.45, 7) is 10.0. The molecule has 0 amide bonds. The van der Waals surface area contributed by atoms with Crippen LogP contribution in [0.1, 0.15) is 20.8 Å². The first-order valence-electron chi connectivity index (χ1n) is 7.02. The molecule has 0 aliphatic carbocycles. The van der Waals surface area contributed by atoms with Gasteiger partial charge in [-0.3, -0.25) is 4.90 Å². The molecule has 0 spiro atoms. The van der Waals surface area contributed by atoms with Crippen LogP contribution in [0.5, 0.6) is 0 Å². The molecule has 1 aromatic carbocycles. The number of benzene rings is 1. The summed E-state index contributed by atoms with van der Waals surface area (Å²) in [5, 5.41) is 5.20. The maximum absolute atomic E-state index is 11.5. The molecule has 1 saturated heterocycles. The van der Waals surface area contributed by atoms with E-state index in [2.05, 4.69) is 30.6 Å². The Bertz CT molecular complexity index is 614. The second-order valence-corrected chi connectivity index (χ2v) is 7.91. The molecular formula is C14H24N4O2S. The van der Waals surface area contributed by atoms with Crippen LogP contribution < -0.4 is 15.8 Å². The summed E-state index contributed by atoms with van der Waals surface area (Å²) in [4.78, 5) is 4.52. The third kappa shape index (κ3) is 3.48. The summed E-state index contributed by atoms with van der Waals surface area (Å²) in [7, 11) is -3.79. The summed E-state index contributed by atoms with van der Waals surface area (Å²) in [5.74, 6) is 0. The van der Waals surface area contributed by atoms with Crippen LogP contribution in [0.4, 0.5) is 11.4 Å². The second-order valence-electron chi connectivity index (χ2n) is 6.38. The Morgan fingerprint density at radius 3 is 2.14 bits per heavy atom. The highest BCUT2D eigenvalue weighted by Gasteiger charge is 2.27. The molecule has 0 unspecified atom stereocenters. The minimum absolute atomic E-state index is 0.00162. The normalized spacial score (nSPS) is 18.0. The summed E-state index contributed by atoms with van der Waals surface area (Å²) >= 11 is 0. The first kappa shape index (κ1) is 16.1. The van der Waals surface area contributed by atoms with Gasteiger partial charge in [0.25, 0.3) is 0 Å². The van der Waals surface area contributed by atoms with E-state index in [0.29, 0.717) is 0 Å². The van der Waals surface area contributed by atoms with E-state index in [4.69, 9.17) is 10.9 Å². The minimum Gasteiger partial charge on any atom is -0.396 e. The highest BCUT2D eigenvalue weighted by Crippen LogP contribution is 2.30. The fourth-order valence-electron chi connectivity index (χ4n) is 2.67. The Labute approximate surface area is 126 Å². The second kappa shape index (κ2) is 5.47. The first-order valence-corrected chi connectivity index (χ1v) is 8.56. The number of nitrogen functional groups attached to an aromatic ring is 1. The molecule has 7 heteroatoms. The van der Waals surface area contributed by atoms with Crippen molar-refractivity contribution in [2.24, 2.45) is 5.14 Å². The monoisotopic (exact) mass is 312 g/mol. The molecule has 118 valence electrons. The number of nitrogens with zero attached hydrogens (tertiary/aromatic N) is 2. The summed E-state index contributed by atoms with van der Waals surface area (Å²) in [6.07, 6.45) is 0. The van der Waals surface area contributed by atoms with Gasteiger partial charge in [-0.05, 0) is 32.9 Å². The molecule has 0 atom stereocenters. The molecular weight excluding hydrogens is 288 g/mol. The third-order valence-electron chi connectivity index (χ3n) is 3.92. The number of hydrogen-bond donors (Lipinski definition) is 2. The molecule has 21 heavy (non-hydrogen) atoms. The van der Waals surface area contributed by atoms with Crippen molar-refractivity contribution in [1.29, 1.82) is 0 Å². The zero-order valence-corrected chi connectivity index (χ0v) is 13.7. The van der Waals surface area contributed by atoms with E-state index in [1.54, 1.807) is 6.07 Å². The van der Waals surface area contributed by atoms with E-state index < -0.39 is 10.0 Å². The molecule has 0 aromatic heterocycles. The van der Waals surface area contributed by atoms with Crippen molar-refractivity contribution in [1.82, 2.24) is 4.90 Å². The van der Waals surface area contributed by atoms with E-state index in [1.807, 2.05) is 6.07 Å². The van der Waals surface area contributed by atoms with Crippen LogP contribution in [0.15, 0.2) is 23.1 Å². The van der Waals surface area contributed by atoms with Crippen LogP contribution in [-0.4, -0.2) is 45.0 Å². The summed E-state index contributed by atoms with van der Waals surface area (Å²) in [5.41, 5.74) is 7.13. The highest BCUT2D eigenvalue weighted by molar-refractivity contribution is 7.89. The SMILES string of the molecule is CC(C)(C)N1CCN(c2cccc(S(N)(=O)=O)c2N)CC1. The van der Waals surface area contributed by atoms with Gasteiger partial charge in [0.2, 0.25) is 10.0 Å². The molecule has 6 nitrogen and oxygen atoms in total. The Morgan fingerprint density at radius 1 is 1.10 bits per heavy atom. The number of piperazine rings is 1. The van der Waals surface area contributed by atoms with Gasteiger partial charge in [0.05, 0.1) is 11.4 Å². The average molecular weight is 312 g/mol. The van der Waals surface area contributed by atoms with E-state index in [-0.39, 0.29) is 16.1 Å². The van der Waals surface area contributed by atoms with Crippen LogP contribution in [0, 0.1) is 0 Å². The zero-order valence-electron chi connectivity index (χ0n) is 12.8. The van der Waals surface area contributed by atoms with Gasteiger partial charge in [-0.15, -0.1) is 0 Å². The molecule has 1 heterocycles. The summed E-state index contributed by atoms with van der Waals surface area (Å²) in [6, 6.07) is 4.97.